The summed E-state index contributed by atoms with van der Waals surface area (Å²) in [6, 6.07) is 10.3. The highest BCUT2D eigenvalue weighted by molar-refractivity contribution is 5.88. The molecule has 2 aromatic carbocycles. The zero-order valence-electron chi connectivity index (χ0n) is 9.77. The van der Waals surface area contributed by atoms with Crippen LogP contribution in [0.2, 0.25) is 0 Å². The number of carboxylic acid groups (broad SMARTS) is 1. The lowest BCUT2D eigenvalue weighted by Gasteiger charge is -2.08. The van der Waals surface area contributed by atoms with Crippen molar-refractivity contribution in [2.45, 2.75) is 6.61 Å². The molecule has 98 valence electrons. The van der Waals surface area contributed by atoms with Gasteiger partial charge < -0.3 is 9.84 Å². The van der Waals surface area contributed by atoms with E-state index in [-0.39, 0.29) is 12.4 Å². The van der Waals surface area contributed by atoms with Crippen LogP contribution < -0.4 is 4.74 Å². The van der Waals surface area contributed by atoms with Crippen LogP contribution in [0.15, 0.2) is 42.5 Å². The van der Waals surface area contributed by atoms with Crippen molar-refractivity contribution < 1.29 is 23.4 Å². The molecule has 0 unspecified atom stereocenters. The Morgan fingerprint density at radius 2 is 1.79 bits per heavy atom. The average molecular weight is 264 g/mol. The molecule has 0 aliphatic heterocycles. The number of halogens is 2. The summed E-state index contributed by atoms with van der Waals surface area (Å²) in [6.07, 6.45) is 0. The first kappa shape index (κ1) is 13.0. The zero-order chi connectivity index (χ0) is 13.8. The third-order valence-electron chi connectivity index (χ3n) is 2.49. The van der Waals surface area contributed by atoms with Crippen molar-refractivity contribution >= 4 is 5.97 Å². The molecule has 2 aromatic rings. The Kier molecular flexibility index (Phi) is 3.75. The van der Waals surface area contributed by atoms with Crippen molar-refractivity contribution in [2.24, 2.45) is 0 Å². The number of carbonyl (C=O) groups is 1. The summed E-state index contributed by atoms with van der Waals surface area (Å²) in [4.78, 5) is 10.7. The van der Waals surface area contributed by atoms with Gasteiger partial charge in [-0.05, 0) is 5.56 Å². The molecule has 19 heavy (non-hydrogen) atoms. The molecule has 0 fully saturated rings. The Hall–Kier alpha value is -2.43. The number of carboxylic acids is 1. The molecule has 5 heteroatoms. The van der Waals surface area contributed by atoms with Gasteiger partial charge >= 0.3 is 5.97 Å². The van der Waals surface area contributed by atoms with Crippen molar-refractivity contribution in [2.75, 3.05) is 0 Å². The summed E-state index contributed by atoms with van der Waals surface area (Å²) >= 11 is 0. The van der Waals surface area contributed by atoms with Crippen LogP contribution in [-0.2, 0) is 6.61 Å². The van der Waals surface area contributed by atoms with E-state index in [0.29, 0.717) is 6.07 Å². The van der Waals surface area contributed by atoms with Crippen LogP contribution in [0.5, 0.6) is 5.75 Å². The van der Waals surface area contributed by atoms with Crippen LogP contribution >= 0.6 is 0 Å². The van der Waals surface area contributed by atoms with Gasteiger partial charge in [-0.1, -0.05) is 30.3 Å². The molecule has 0 aliphatic rings. The van der Waals surface area contributed by atoms with E-state index < -0.39 is 23.2 Å². The fourth-order valence-electron chi connectivity index (χ4n) is 1.54. The third-order valence-corrected chi connectivity index (χ3v) is 2.49. The van der Waals surface area contributed by atoms with Gasteiger partial charge in [-0.3, -0.25) is 0 Å². The van der Waals surface area contributed by atoms with Crippen molar-refractivity contribution in [1.82, 2.24) is 0 Å². The van der Waals surface area contributed by atoms with Gasteiger partial charge in [-0.2, -0.15) is 0 Å². The minimum atomic E-state index is -1.47. The van der Waals surface area contributed by atoms with Crippen molar-refractivity contribution in [3.8, 4) is 5.75 Å². The molecule has 2 rings (SSSR count). The van der Waals surface area contributed by atoms with E-state index in [1.807, 2.05) is 6.07 Å². The lowest BCUT2D eigenvalue weighted by molar-refractivity contribution is 0.0691. The standard InChI is InChI=1S/C14H10F2O3/c15-11-7-12(16)13(6-10(11)14(17)18)19-8-9-4-2-1-3-5-9/h1-7H,8H2,(H,17,18). The van der Waals surface area contributed by atoms with Gasteiger partial charge in [0, 0.05) is 12.1 Å². The molecular weight excluding hydrogens is 254 g/mol. The van der Waals surface area contributed by atoms with E-state index in [9.17, 15) is 13.6 Å². The molecule has 0 saturated carbocycles. The zero-order valence-corrected chi connectivity index (χ0v) is 9.77. The van der Waals surface area contributed by atoms with Gasteiger partial charge in [0.2, 0.25) is 0 Å². The van der Waals surface area contributed by atoms with Gasteiger partial charge in [0.1, 0.15) is 12.4 Å². The summed E-state index contributed by atoms with van der Waals surface area (Å²) in [6.45, 7) is 0.0719. The van der Waals surface area contributed by atoms with Gasteiger partial charge in [-0.15, -0.1) is 0 Å². The second-order valence-corrected chi connectivity index (χ2v) is 3.84. The number of benzene rings is 2. The Morgan fingerprint density at radius 3 is 2.42 bits per heavy atom. The largest absolute Gasteiger partial charge is 0.486 e. The fraction of sp³-hybridized carbons (Fsp3) is 0.0714. The predicted molar refractivity (Wildman–Crippen MR) is 64.1 cm³/mol. The summed E-state index contributed by atoms with van der Waals surface area (Å²) in [5.74, 6) is -3.82. The number of hydrogen-bond donors (Lipinski definition) is 1. The molecule has 0 amide bonds. The van der Waals surface area contributed by atoms with E-state index in [4.69, 9.17) is 9.84 Å². The van der Waals surface area contributed by atoms with Crippen LogP contribution in [0.3, 0.4) is 0 Å². The third kappa shape index (κ3) is 3.07. The molecule has 0 saturated heterocycles. The van der Waals surface area contributed by atoms with Crippen LogP contribution in [0.25, 0.3) is 0 Å². The Balaban J connectivity index is 2.21. The molecule has 0 atom stereocenters. The highest BCUT2D eigenvalue weighted by Gasteiger charge is 2.16. The van der Waals surface area contributed by atoms with E-state index in [1.165, 1.54) is 0 Å². The van der Waals surface area contributed by atoms with Gasteiger partial charge in [0.25, 0.3) is 0 Å². The highest BCUT2D eigenvalue weighted by Crippen LogP contribution is 2.22. The van der Waals surface area contributed by atoms with Gasteiger partial charge in [0.05, 0.1) is 5.56 Å². The Bertz CT molecular complexity index is 597. The first-order valence-electron chi connectivity index (χ1n) is 5.47. The maximum absolute atomic E-state index is 13.4. The molecule has 3 nitrogen and oxygen atoms in total. The van der Waals surface area contributed by atoms with Crippen LogP contribution in [0.4, 0.5) is 8.78 Å². The highest BCUT2D eigenvalue weighted by atomic mass is 19.1. The minimum Gasteiger partial charge on any atom is -0.486 e. The summed E-state index contributed by atoms with van der Waals surface area (Å²) in [7, 11) is 0. The number of ether oxygens (including phenoxy) is 1. The molecule has 0 heterocycles. The van der Waals surface area contributed by atoms with E-state index in [0.717, 1.165) is 11.6 Å². The SMILES string of the molecule is O=C(O)c1cc(OCc2ccccc2)c(F)cc1F. The summed E-state index contributed by atoms with van der Waals surface area (Å²) < 4.78 is 31.8. The first-order valence-corrected chi connectivity index (χ1v) is 5.47. The van der Waals surface area contributed by atoms with Crippen molar-refractivity contribution in [3.63, 3.8) is 0 Å². The predicted octanol–water partition coefficient (Wildman–Crippen LogP) is 3.24. The maximum Gasteiger partial charge on any atom is 0.338 e. The molecule has 0 spiro atoms. The maximum atomic E-state index is 13.4. The quantitative estimate of drug-likeness (QED) is 0.922. The molecule has 0 radical (unpaired) electrons. The van der Waals surface area contributed by atoms with Gasteiger partial charge in [-0.25, -0.2) is 13.6 Å². The minimum absolute atomic E-state index is 0.0719. The molecular formula is C14H10F2O3. The molecule has 1 N–H and O–H groups in total. The average Bonchev–Trinajstić information content (AvgIpc) is 2.38. The summed E-state index contributed by atoms with van der Waals surface area (Å²) in [5.41, 5.74) is 0.174. The topological polar surface area (TPSA) is 46.5 Å². The number of aromatic carboxylic acids is 1. The Morgan fingerprint density at radius 1 is 1.11 bits per heavy atom. The normalized spacial score (nSPS) is 10.2. The summed E-state index contributed by atoms with van der Waals surface area (Å²) in [5, 5.41) is 8.75. The smallest absolute Gasteiger partial charge is 0.338 e. The Labute approximate surface area is 108 Å². The molecule has 0 bridgehead atoms. The lowest BCUT2D eigenvalue weighted by Crippen LogP contribution is -2.04. The second-order valence-electron chi connectivity index (χ2n) is 3.84. The van der Waals surface area contributed by atoms with Gasteiger partial charge in [0.15, 0.2) is 11.6 Å². The molecule has 0 aromatic heterocycles. The molecule has 0 aliphatic carbocycles. The first-order chi connectivity index (χ1) is 9.08. The van der Waals surface area contributed by atoms with E-state index in [1.54, 1.807) is 24.3 Å². The van der Waals surface area contributed by atoms with Crippen molar-refractivity contribution in [3.05, 3.63) is 65.2 Å². The van der Waals surface area contributed by atoms with E-state index >= 15 is 0 Å². The lowest BCUT2D eigenvalue weighted by atomic mass is 10.2. The number of rotatable bonds is 4. The van der Waals surface area contributed by atoms with Crippen LogP contribution in [-0.4, -0.2) is 11.1 Å². The van der Waals surface area contributed by atoms with Crippen LogP contribution in [0.1, 0.15) is 15.9 Å². The number of hydrogen-bond acceptors (Lipinski definition) is 2. The monoisotopic (exact) mass is 264 g/mol. The fourth-order valence-corrected chi connectivity index (χ4v) is 1.54. The van der Waals surface area contributed by atoms with E-state index in [2.05, 4.69) is 0 Å². The van der Waals surface area contributed by atoms with Crippen LogP contribution in [0, 0.1) is 11.6 Å². The second kappa shape index (κ2) is 5.48. The van der Waals surface area contributed by atoms with Crippen molar-refractivity contribution in [1.29, 1.82) is 0 Å².